The van der Waals surface area contributed by atoms with Gasteiger partial charge in [0.25, 0.3) is 0 Å². The number of hydrogen-bond acceptors (Lipinski definition) is 5. The second-order valence-electron chi connectivity index (χ2n) is 5.52. The quantitative estimate of drug-likeness (QED) is 0.871. The number of rotatable bonds is 3. The van der Waals surface area contributed by atoms with Crippen LogP contribution in [0.25, 0.3) is 0 Å². The number of nitrogens with zero attached hydrogens (tertiary/aromatic N) is 3. The monoisotopic (exact) mass is 336 g/mol. The Labute approximate surface area is 145 Å². The van der Waals surface area contributed by atoms with E-state index >= 15 is 0 Å². The fourth-order valence-corrected chi connectivity index (χ4v) is 2.57. The van der Waals surface area contributed by atoms with E-state index in [0.29, 0.717) is 35.7 Å². The fourth-order valence-electron chi connectivity index (χ4n) is 2.57. The Morgan fingerprint density at radius 1 is 1.36 bits per heavy atom. The lowest BCUT2D eigenvalue weighted by Crippen LogP contribution is -2.34. The van der Waals surface area contributed by atoms with Gasteiger partial charge in [0.2, 0.25) is 6.41 Å². The van der Waals surface area contributed by atoms with Gasteiger partial charge in [-0.25, -0.2) is 9.69 Å². The van der Waals surface area contributed by atoms with Crippen molar-refractivity contribution in [3.05, 3.63) is 48.0 Å². The molecule has 0 atom stereocenters. The maximum Gasteiger partial charge on any atom is 0.332 e. The highest BCUT2D eigenvalue weighted by Crippen LogP contribution is 2.34. The van der Waals surface area contributed by atoms with E-state index in [4.69, 9.17) is 10.00 Å². The molecular formula is C18H16N4O3. The molecule has 0 bridgehead atoms. The summed E-state index contributed by atoms with van der Waals surface area (Å²) in [5.74, 6) is 0.623. The minimum Gasteiger partial charge on any atom is -0.489 e. The first kappa shape index (κ1) is 16.3. The lowest BCUT2D eigenvalue weighted by molar-refractivity contribution is -0.106. The third-order valence-electron chi connectivity index (χ3n) is 3.88. The van der Waals surface area contributed by atoms with Crippen molar-refractivity contribution in [2.24, 2.45) is 0 Å². The van der Waals surface area contributed by atoms with Crippen LogP contribution in [0.4, 0.5) is 21.9 Å². The highest BCUT2D eigenvalue weighted by molar-refractivity contribution is 6.12. The molecule has 0 fully saturated rings. The van der Waals surface area contributed by atoms with Crippen LogP contribution in [0.5, 0.6) is 5.75 Å². The zero-order valence-electron chi connectivity index (χ0n) is 13.6. The Bertz CT molecular complexity index is 860. The van der Waals surface area contributed by atoms with Crippen LogP contribution in [0.15, 0.2) is 42.5 Å². The molecule has 1 aliphatic rings. The molecule has 0 saturated heterocycles. The highest BCUT2D eigenvalue weighted by Gasteiger charge is 2.20. The molecule has 1 N–H and O–H groups in total. The second kappa shape index (κ2) is 6.93. The molecule has 0 saturated carbocycles. The molecule has 7 heteroatoms. The van der Waals surface area contributed by atoms with Gasteiger partial charge in [0.15, 0.2) is 0 Å². The van der Waals surface area contributed by atoms with Gasteiger partial charge in [-0.15, -0.1) is 0 Å². The Hall–Kier alpha value is -3.53. The van der Waals surface area contributed by atoms with Gasteiger partial charge in [-0.2, -0.15) is 5.26 Å². The standard InChI is InChI=1S/C18H16N4O3/c1-21-7-8-25-17-10-15(5-6-16(17)21)22(12-23)18(24)20-14-4-2-3-13(9-14)11-19/h2-6,9-10,12H,7-8H2,1H3,(H,20,24). The zero-order valence-corrected chi connectivity index (χ0v) is 13.6. The Morgan fingerprint density at radius 2 is 2.20 bits per heavy atom. The van der Waals surface area contributed by atoms with Gasteiger partial charge in [-0.1, -0.05) is 6.07 Å². The first-order valence-electron chi connectivity index (χ1n) is 7.66. The van der Waals surface area contributed by atoms with Crippen LogP contribution in [-0.2, 0) is 4.79 Å². The molecular weight excluding hydrogens is 320 g/mol. The number of imide groups is 1. The van der Waals surface area contributed by atoms with Gasteiger partial charge in [-0.05, 0) is 30.3 Å². The third-order valence-corrected chi connectivity index (χ3v) is 3.88. The van der Waals surface area contributed by atoms with Gasteiger partial charge in [0.1, 0.15) is 12.4 Å². The molecule has 7 nitrogen and oxygen atoms in total. The number of anilines is 3. The maximum absolute atomic E-state index is 12.4. The molecule has 1 heterocycles. The molecule has 25 heavy (non-hydrogen) atoms. The van der Waals surface area contributed by atoms with E-state index in [1.54, 1.807) is 30.3 Å². The van der Waals surface area contributed by atoms with E-state index in [1.165, 1.54) is 6.07 Å². The van der Waals surface area contributed by atoms with Crippen molar-refractivity contribution in [3.63, 3.8) is 0 Å². The second-order valence-corrected chi connectivity index (χ2v) is 5.52. The summed E-state index contributed by atoms with van der Waals surface area (Å²) in [7, 11) is 1.95. The molecule has 0 aromatic heterocycles. The SMILES string of the molecule is CN1CCOc2cc(N(C=O)C(=O)Nc3cccc(C#N)c3)ccc21. The summed E-state index contributed by atoms with van der Waals surface area (Å²) < 4.78 is 5.61. The lowest BCUT2D eigenvalue weighted by Gasteiger charge is -2.28. The van der Waals surface area contributed by atoms with Crippen molar-refractivity contribution in [2.45, 2.75) is 0 Å². The minimum atomic E-state index is -0.616. The van der Waals surface area contributed by atoms with Crippen molar-refractivity contribution in [1.29, 1.82) is 5.26 Å². The summed E-state index contributed by atoms with van der Waals surface area (Å²) in [6.45, 7) is 1.32. The van der Waals surface area contributed by atoms with Crippen LogP contribution >= 0.6 is 0 Å². The predicted octanol–water partition coefficient (Wildman–Crippen LogP) is 2.58. The Kier molecular flexibility index (Phi) is 4.53. The summed E-state index contributed by atoms with van der Waals surface area (Å²) in [6.07, 6.45) is 0.442. The largest absolute Gasteiger partial charge is 0.489 e. The third kappa shape index (κ3) is 3.38. The summed E-state index contributed by atoms with van der Waals surface area (Å²) in [5, 5.41) is 11.5. The zero-order chi connectivity index (χ0) is 17.8. The van der Waals surface area contributed by atoms with E-state index in [0.717, 1.165) is 17.1 Å². The molecule has 0 aliphatic carbocycles. The summed E-state index contributed by atoms with van der Waals surface area (Å²) in [6, 6.07) is 13.0. The first-order chi connectivity index (χ1) is 12.1. The smallest absolute Gasteiger partial charge is 0.332 e. The van der Waals surface area contributed by atoms with Crippen molar-refractivity contribution < 1.29 is 14.3 Å². The lowest BCUT2D eigenvalue weighted by atomic mass is 10.2. The topological polar surface area (TPSA) is 85.7 Å². The van der Waals surface area contributed by atoms with E-state index in [2.05, 4.69) is 5.32 Å². The predicted molar refractivity (Wildman–Crippen MR) is 93.9 cm³/mol. The average Bonchev–Trinajstić information content (AvgIpc) is 2.62. The van der Waals surface area contributed by atoms with Crippen LogP contribution < -0.4 is 19.9 Å². The van der Waals surface area contributed by atoms with Crippen molar-refractivity contribution in [3.8, 4) is 11.8 Å². The number of amides is 3. The number of likely N-dealkylation sites (N-methyl/N-ethyl adjacent to an activating group) is 1. The highest BCUT2D eigenvalue weighted by atomic mass is 16.5. The number of carbonyl (C=O) groups excluding carboxylic acids is 2. The number of urea groups is 1. The molecule has 0 radical (unpaired) electrons. The average molecular weight is 336 g/mol. The van der Waals surface area contributed by atoms with E-state index in [1.807, 2.05) is 24.1 Å². The summed E-state index contributed by atoms with van der Waals surface area (Å²) in [4.78, 5) is 26.9. The normalized spacial score (nSPS) is 12.4. The number of fused-ring (bicyclic) bond motifs is 1. The molecule has 3 rings (SSSR count). The number of ether oxygens (including phenoxy) is 1. The molecule has 2 aromatic carbocycles. The molecule has 1 aliphatic heterocycles. The van der Waals surface area contributed by atoms with Gasteiger partial charge < -0.3 is 15.0 Å². The van der Waals surface area contributed by atoms with Crippen molar-refractivity contribution >= 4 is 29.5 Å². The van der Waals surface area contributed by atoms with E-state index in [9.17, 15) is 9.59 Å². The maximum atomic E-state index is 12.4. The van der Waals surface area contributed by atoms with Crippen molar-refractivity contribution in [2.75, 3.05) is 35.3 Å². The summed E-state index contributed by atoms with van der Waals surface area (Å²) >= 11 is 0. The van der Waals surface area contributed by atoms with Crippen LogP contribution in [-0.4, -0.2) is 32.6 Å². The number of nitrogens with one attached hydrogen (secondary N) is 1. The molecule has 0 unspecified atom stereocenters. The first-order valence-corrected chi connectivity index (χ1v) is 7.66. The van der Waals surface area contributed by atoms with Crippen LogP contribution in [0, 0.1) is 11.3 Å². The van der Waals surface area contributed by atoms with E-state index in [-0.39, 0.29) is 0 Å². The Morgan fingerprint density at radius 3 is 2.96 bits per heavy atom. The van der Waals surface area contributed by atoms with Gasteiger partial charge in [0, 0.05) is 18.8 Å². The number of carbonyl (C=O) groups is 2. The Balaban J connectivity index is 1.83. The summed E-state index contributed by atoms with van der Waals surface area (Å²) in [5.41, 5.74) is 2.16. The van der Waals surface area contributed by atoms with Crippen LogP contribution in [0.3, 0.4) is 0 Å². The van der Waals surface area contributed by atoms with Crippen LogP contribution in [0.1, 0.15) is 5.56 Å². The molecule has 126 valence electrons. The van der Waals surface area contributed by atoms with Gasteiger partial charge in [0.05, 0.1) is 29.6 Å². The van der Waals surface area contributed by atoms with Gasteiger partial charge in [-0.3, -0.25) is 4.79 Å². The van der Waals surface area contributed by atoms with Gasteiger partial charge >= 0.3 is 6.03 Å². The van der Waals surface area contributed by atoms with Crippen molar-refractivity contribution in [1.82, 2.24) is 0 Å². The number of nitriles is 1. The minimum absolute atomic E-state index is 0.401. The molecule has 2 aromatic rings. The molecule has 0 spiro atoms. The molecule has 3 amide bonds. The number of benzene rings is 2. The number of hydrogen-bond donors (Lipinski definition) is 1. The fraction of sp³-hybridized carbons (Fsp3) is 0.167. The van der Waals surface area contributed by atoms with E-state index < -0.39 is 6.03 Å². The van der Waals surface area contributed by atoms with Crippen LogP contribution in [0.2, 0.25) is 0 Å².